The summed E-state index contributed by atoms with van der Waals surface area (Å²) in [6.07, 6.45) is 3.20. The van der Waals surface area contributed by atoms with Crippen molar-refractivity contribution >= 4 is 0 Å². The molecule has 4 N–H and O–H groups in total. The van der Waals surface area contributed by atoms with Gasteiger partial charge in [-0.2, -0.15) is 0 Å². The van der Waals surface area contributed by atoms with E-state index in [1.807, 2.05) is 6.07 Å². The summed E-state index contributed by atoms with van der Waals surface area (Å²) < 4.78 is 4.80. The van der Waals surface area contributed by atoms with Crippen LogP contribution in [-0.2, 0) is 0 Å². The number of furan rings is 1. The number of nitrogens with two attached hydrogens (primary N) is 2. The first-order chi connectivity index (χ1) is 4.34. The van der Waals surface area contributed by atoms with E-state index in [9.17, 15) is 0 Å². The van der Waals surface area contributed by atoms with Crippen LogP contribution >= 0.6 is 0 Å². The minimum Gasteiger partial charge on any atom is -0.472 e. The van der Waals surface area contributed by atoms with Gasteiger partial charge in [0, 0.05) is 18.2 Å². The van der Waals surface area contributed by atoms with Crippen LogP contribution in [0.4, 0.5) is 0 Å². The third-order valence-electron chi connectivity index (χ3n) is 1.23. The van der Waals surface area contributed by atoms with Gasteiger partial charge in [-0.3, -0.25) is 0 Å². The Morgan fingerprint density at radius 3 is 2.89 bits per heavy atom. The van der Waals surface area contributed by atoms with Gasteiger partial charge in [0.2, 0.25) is 0 Å². The van der Waals surface area contributed by atoms with E-state index in [0.29, 0.717) is 6.54 Å². The number of hydrogen-bond donors (Lipinski definition) is 2. The average Bonchev–Trinajstić information content (AvgIpc) is 2.37. The first kappa shape index (κ1) is 6.32. The Morgan fingerprint density at radius 2 is 2.44 bits per heavy atom. The smallest absolute Gasteiger partial charge is 0.0950 e. The molecule has 1 rings (SSSR count). The molecule has 50 valence electrons. The van der Waals surface area contributed by atoms with Crippen molar-refractivity contribution in [3.05, 3.63) is 24.2 Å². The Kier molecular flexibility index (Phi) is 1.87. The highest BCUT2D eigenvalue weighted by Gasteiger charge is 2.02. The largest absolute Gasteiger partial charge is 0.472 e. The topological polar surface area (TPSA) is 65.2 Å². The van der Waals surface area contributed by atoms with E-state index in [4.69, 9.17) is 15.9 Å². The van der Waals surface area contributed by atoms with E-state index in [-0.39, 0.29) is 6.04 Å². The molecule has 1 heterocycles. The van der Waals surface area contributed by atoms with Gasteiger partial charge in [-0.15, -0.1) is 0 Å². The van der Waals surface area contributed by atoms with Crippen LogP contribution in [0.1, 0.15) is 11.6 Å². The summed E-state index contributed by atoms with van der Waals surface area (Å²) in [5.41, 5.74) is 11.8. The van der Waals surface area contributed by atoms with E-state index >= 15 is 0 Å². The molecule has 0 aliphatic heterocycles. The molecule has 0 saturated heterocycles. The maximum atomic E-state index is 5.55. The minimum absolute atomic E-state index is 0.0799. The van der Waals surface area contributed by atoms with Gasteiger partial charge in [0.05, 0.1) is 12.5 Å². The molecule has 0 saturated carbocycles. The molecule has 9 heavy (non-hydrogen) atoms. The van der Waals surface area contributed by atoms with E-state index in [0.717, 1.165) is 5.56 Å². The van der Waals surface area contributed by atoms with Gasteiger partial charge in [-0.1, -0.05) is 0 Å². The quantitative estimate of drug-likeness (QED) is 0.596. The summed E-state index contributed by atoms with van der Waals surface area (Å²) in [6.45, 7) is 0.458. The van der Waals surface area contributed by atoms with Crippen LogP contribution in [0.25, 0.3) is 0 Å². The SMILES string of the molecule is NCC(N)c1ccoc1. The van der Waals surface area contributed by atoms with Gasteiger partial charge in [0.1, 0.15) is 0 Å². The highest BCUT2D eigenvalue weighted by Crippen LogP contribution is 2.07. The minimum atomic E-state index is -0.0799. The van der Waals surface area contributed by atoms with E-state index in [2.05, 4.69) is 0 Å². The van der Waals surface area contributed by atoms with Gasteiger partial charge in [0.25, 0.3) is 0 Å². The molecule has 0 bridgehead atoms. The molecule has 0 aliphatic rings. The zero-order chi connectivity index (χ0) is 6.69. The van der Waals surface area contributed by atoms with Crippen molar-refractivity contribution in [1.29, 1.82) is 0 Å². The highest BCUT2D eigenvalue weighted by atomic mass is 16.3. The molecule has 0 radical (unpaired) electrons. The van der Waals surface area contributed by atoms with Crippen LogP contribution in [0.5, 0.6) is 0 Å². The van der Waals surface area contributed by atoms with Gasteiger partial charge < -0.3 is 15.9 Å². The van der Waals surface area contributed by atoms with Gasteiger partial charge >= 0.3 is 0 Å². The lowest BCUT2D eigenvalue weighted by molar-refractivity contribution is 0.559. The molecule has 0 fully saturated rings. The van der Waals surface area contributed by atoms with E-state index in [1.54, 1.807) is 12.5 Å². The molecular formula is C6H10N2O. The monoisotopic (exact) mass is 126 g/mol. The average molecular weight is 126 g/mol. The lowest BCUT2D eigenvalue weighted by Crippen LogP contribution is -2.19. The van der Waals surface area contributed by atoms with Gasteiger partial charge in [-0.05, 0) is 6.07 Å². The Bertz CT molecular complexity index is 160. The van der Waals surface area contributed by atoms with Crippen molar-refractivity contribution in [2.75, 3.05) is 6.54 Å². The van der Waals surface area contributed by atoms with Gasteiger partial charge in [-0.25, -0.2) is 0 Å². The standard InChI is InChI=1S/C6H10N2O/c7-3-6(8)5-1-2-9-4-5/h1-2,4,6H,3,7-8H2. The maximum Gasteiger partial charge on any atom is 0.0950 e. The second-order valence-corrected chi connectivity index (χ2v) is 1.90. The molecule has 0 amide bonds. The molecule has 0 aromatic carbocycles. The van der Waals surface area contributed by atoms with Crippen LogP contribution in [-0.4, -0.2) is 6.54 Å². The Morgan fingerprint density at radius 1 is 1.67 bits per heavy atom. The van der Waals surface area contributed by atoms with Crippen molar-refractivity contribution in [1.82, 2.24) is 0 Å². The normalized spacial score (nSPS) is 13.6. The fourth-order valence-corrected chi connectivity index (χ4v) is 0.622. The molecule has 0 aliphatic carbocycles. The number of hydrogen-bond acceptors (Lipinski definition) is 3. The van der Waals surface area contributed by atoms with Crippen molar-refractivity contribution in [3.8, 4) is 0 Å². The zero-order valence-corrected chi connectivity index (χ0v) is 5.08. The predicted octanol–water partition coefficient (Wildman–Crippen LogP) is 0.238. The molecule has 1 aromatic rings. The van der Waals surface area contributed by atoms with Crippen molar-refractivity contribution in [2.45, 2.75) is 6.04 Å². The molecule has 1 aromatic heterocycles. The molecule has 3 nitrogen and oxygen atoms in total. The molecular weight excluding hydrogens is 116 g/mol. The third-order valence-corrected chi connectivity index (χ3v) is 1.23. The van der Waals surface area contributed by atoms with Gasteiger partial charge in [0.15, 0.2) is 0 Å². The zero-order valence-electron chi connectivity index (χ0n) is 5.08. The van der Waals surface area contributed by atoms with Crippen molar-refractivity contribution in [3.63, 3.8) is 0 Å². The van der Waals surface area contributed by atoms with Crippen LogP contribution in [0.3, 0.4) is 0 Å². The predicted molar refractivity (Wildman–Crippen MR) is 34.7 cm³/mol. The van der Waals surface area contributed by atoms with Crippen LogP contribution in [0, 0.1) is 0 Å². The summed E-state index contributed by atoms with van der Waals surface area (Å²) in [5, 5.41) is 0. The number of rotatable bonds is 2. The van der Waals surface area contributed by atoms with Crippen LogP contribution in [0.2, 0.25) is 0 Å². The van der Waals surface area contributed by atoms with Crippen LogP contribution < -0.4 is 11.5 Å². The van der Waals surface area contributed by atoms with Crippen molar-refractivity contribution < 1.29 is 4.42 Å². The fourth-order valence-electron chi connectivity index (χ4n) is 0.622. The second-order valence-electron chi connectivity index (χ2n) is 1.90. The van der Waals surface area contributed by atoms with Crippen LogP contribution in [0.15, 0.2) is 23.0 Å². The van der Waals surface area contributed by atoms with Crippen molar-refractivity contribution in [2.24, 2.45) is 11.5 Å². The molecule has 1 atom stereocenters. The van der Waals surface area contributed by atoms with E-state index < -0.39 is 0 Å². The Labute approximate surface area is 53.6 Å². The summed E-state index contributed by atoms with van der Waals surface area (Å²) in [5.74, 6) is 0. The Hall–Kier alpha value is -0.800. The summed E-state index contributed by atoms with van der Waals surface area (Å²) in [6, 6.07) is 1.74. The van der Waals surface area contributed by atoms with E-state index in [1.165, 1.54) is 0 Å². The molecule has 3 heteroatoms. The first-order valence-electron chi connectivity index (χ1n) is 2.82. The summed E-state index contributed by atoms with van der Waals surface area (Å²) >= 11 is 0. The summed E-state index contributed by atoms with van der Waals surface area (Å²) in [7, 11) is 0. The Balaban J connectivity index is 2.65. The summed E-state index contributed by atoms with van der Waals surface area (Å²) in [4.78, 5) is 0. The third kappa shape index (κ3) is 1.31. The molecule has 1 unspecified atom stereocenters. The highest BCUT2D eigenvalue weighted by molar-refractivity contribution is 5.10. The lowest BCUT2D eigenvalue weighted by Gasteiger charge is -2.02. The second kappa shape index (κ2) is 2.66. The molecule has 0 spiro atoms. The fraction of sp³-hybridized carbons (Fsp3) is 0.333. The maximum absolute atomic E-state index is 5.55. The first-order valence-corrected chi connectivity index (χ1v) is 2.82. The lowest BCUT2D eigenvalue weighted by atomic mass is 10.2.